The molecule has 0 N–H and O–H groups in total. The second-order valence-corrected chi connectivity index (χ2v) is 5.97. The van der Waals surface area contributed by atoms with E-state index in [0.29, 0.717) is 11.5 Å². The lowest BCUT2D eigenvalue weighted by atomic mass is 10.1. The molecule has 0 fully saturated rings. The molecule has 4 heteroatoms. The van der Waals surface area contributed by atoms with Gasteiger partial charge in [0.15, 0.2) is 5.58 Å². The minimum atomic E-state index is 0.641. The van der Waals surface area contributed by atoms with Crippen LogP contribution in [-0.4, -0.2) is 11.3 Å². The molecule has 4 rings (SSSR count). The summed E-state index contributed by atoms with van der Waals surface area (Å²) < 4.78 is 5.79. The van der Waals surface area contributed by atoms with Gasteiger partial charge in [0.25, 0.3) is 0 Å². The second-order valence-electron chi connectivity index (χ2n) is 4.89. The molecular weight excluding hydrogens is 294 g/mol. The number of hydrogen-bond donors (Lipinski definition) is 0. The van der Waals surface area contributed by atoms with Crippen LogP contribution in [0.3, 0.4) is 0 Å². The Morgan fingerprint density at radius 3 is 2.45 bits per heavy atom. The summed E-state index contributed by atoms with van der Waals surface area (Å²) in [6, 6.07) is 19.3. The van der Waals surface area contributed by atoms with Crippen molar-refractivity contribution >= 4 is 28.7 Å². The van der Waals surface area contributed by atoms with Gasteiger partial charge in [-0.25, -0.2) is 4.98 Å². The summed E-state index contributed by atoms with van der Waals surface area (Å²) in [5.74, 6) is 0.641. The Balaban J connectivity index is 1.72. The van der Waals surface area contributed by atoms with Gasteiger partial charge in [-0.3, -0.25) is 4.79 Å². The van der Waals surface area contributed by atoms with Gasteiger partial charge >= 0.3 is 0 Å². The van der Waals surface area contributed by atoms with Gasteiger partial charge in [-0.15, -0.1) is 11.3 Å². The van der Waals surface area contributed by atoms with Crippen molar-refractivity contribution in [1.82, 2.24) is 4.98 Å². The van der Waals surface area contributed by atoms with Crippen molar-refractivity contribution in [3.8, 4) is 21.2 Å². The summed E-state index contributed by atoms with van der Waals surface area (Å²) in [5, 5.41) is 0. The fraction of sp³-hybridized carbons (Fsp3) is 0. The molecule has 0 spiro atoms. The quantitative estimate of drug-likeness (QED) is 0.498. The lowest BCUT2D eigenvalue weighted by molar-refractivity contribution is 0.112. The van der Waals surface area contributed by atoms with Gasteiger partial charge in [-0.05, 0) is 29.8 Å². The molecule has 2 aromatic heterocycles. The Morgan fingerprint density at radius 1 is 0.909 bits per heavy atom. The molecule has 0 saturated heterocycles. The molecule has 0 unspecified atom stereocenters. The van der Waals surface area contributed by atoms with Crippen LogP contribution in [0.2, 0.25) is 0 Å². The number of fused-ring (bicyclic) bond motifs is 1. The number of carbonyl (C=O) groups excluding carboxylic acids is 1. The summed E-state index contributed by atoms with van der Waals surface area (Å²) in [6.07, 6.45) is 0.849. The number of hydrogen-bond acceptors (Lipinski definition) is 4. The third-order valence-electron chi connectivity index (χ3n) is 3.44. The zero-order valence-electron chi connectivity index (χ0n) is 11.5. The van der Waals surface area contributed by atoms with Gasteiger partial charge in [-0.1, -0.05) is 36.4 Å². The number of oxazole rings is 1. The monoisotopic (exact) mass is 305 g/mol. The zero-order chi connectivity index (χ0) is 14.9. The number of thiophene rings is 1. The molecule has 2 aromatic carbocycles. The maximum atomic E-state index is 10.7. The van der Waals surface area contributed by atoms with Gasteiger partial charge in [-0.2, -0.15) is 0 Å². The Labute approximate surface area is 130 Å². The number of benzene rings is 2. The molecule has 0 saturated carbocycles. The average Bonchev–Trinajstić information content (AvgIpc) is 3.21. The highest BCUT2D eigenvalue weighted by atomic mass is 32.1. The predicted octanol–water partition coefficient (Wildman–Crippen LogP) is 5.04. The van der Waals surface area contributed by atoms with E-state index in [-0.39, 0.29) is 0 Å². The zero-order valence-corrected chi connectivity index (χ0v) is 12.3. The Hall–Kier alpha value is -2.72. The third-order valence-corrected chi connectivity index (χ3v) is 4.56. The van der Waals surface area contributed by atoms with E-state index < -0.39 is 0 Å². The number of aldehydes is 1. The van der Waals surface area contributed by atoms with E-state index in [1.165, 1.54) is 0 Å². The van der Waals surface area contributed by atoms with E-state index in [9.17, 15) is 4.79 Å². The predicted molar refractivity (Wildman–Crippen MR) is 88.1 cm³/mol. The smallest absolute Gasteiger partial charge is 0.237 e. The largest absolute Gasteiger partial charge is 0.435 e. The highest BCUT2D eigenvalue weighted by molar-refractivity contribution is 7.18. The van der Waals surface area contributed by atoms with Crippen molar-refractivity contribution in [2.24, 2.45) is 0 Å². The van der Waals surface area contributed by atoms with Crippen LogP contribution in [0.4, 0.5) is 0 Å². The molecule has 106 valence electrons. The fourth-order valence-electron chi connectivity index (χ4n) is 2.31. The first-order valence-corrected chi connectivity index (χ1v) is 7.66. The number of aromatic nitrogens is 1. The SMILES string of the molecule is O=Cc1ccc(-c2ccc(-c3nc4ccccc4o3)s2)cc1. The molecule has 0 aliphatic heterocycles. The van der Waals surface area contributed by atoms with Crippen molar-refractivity contribution < 1.29 is 9.21 Å². The number of para-hydroxylation sites is 2. The topological polar surface area (TPSA) is 43.1 Å². The van der Waals surface area contributed by atoms with Crippen LogP contribution >= 0.6 is 11.3 Å². The first kappa shape index (κ1) is 13.0. The number of carbonyl (C=O) groups is 1. The van der Waals surface area contributed by atoms with E-state index in [1.54, 1.807) is 11.3 Å². The standard InChI is InChI=1S/C18H11NO2S/c20-11-12-5-7-13(8-6-12)16-9-10-17(22-16)18-19-14-3-1-2-4-15(14)21-18/h1-11H. The van der Waals surface area contributed by atoms with Crippen LogP contribution in [0.5, 0.6) is 0 Å². The van der Waals surface area contributed by atoms with E-state index in [2.05, 4.69) is 4.98 Å². The summed E-state index contributed by atoms with van der Waals surface area (Å²) in [7, 11) is 0. The first-order chi connectivity index (χ1) is 10.8. The first-order valence-electron chi connectivity index (χ1n) is 6.85. The van der Waals surface area contributed by atoms with Gasteiger partial charge in [0.1, 0.15) is 11.8 Å². The van der Waals surface area contributed by atoms with Gasteiger partial charge in [0, 0.05) is 10.4 Å². The fourth-order valence-corrected chi connectivity index (χ4v) is 3.25. The lowest BCUT2D eigenvalue weighted by Gasteiger charge is -1.96. The summed E-state index contributed by atoms with van der Waals surface area (Å²) in [4.78, 5) is 17.3. The molecule has 0 radical (unpaired) electrons. The molecule has 0 bridgehead atoms. The van der Waals surface area contributed by atoms with E-state index in [0.717, 1.165) is 32.7 Å². The Bertz CT molecular complexity index is 918. The van der Waals surface area contributed by atoms with Crippen LogP contribution in [0, 0.1) is 0 Å². The summed E-state index contributed by atoms with van der Waals surface area (Å²) in [6.45, 7) is 0. The Morgan fingerprint density at radius 2 is 1.68 bits per heavy atom. The molecule has 0 aliphatic rings. The minimum Gasteiger partial charge on any atom is -0.435 e. The van der Waals surface area contributed by atoms with Crippen LogP contribution in [-0.2, 0) is 0 Å². The average molecular weight is 305 g/mol. The molecular formula is C18H11NO2S. The second kappa shape index (κ2) is 5.24. The molecule has 3 nitrogen and oxygen atoms in total. The van der Waals surface area contributed by atoms with Crippen LogP contribution in [0.15, 0.2) is 65.1 Å². The number of rotatable bonds is 3. The molecule has 4 aromatic rings. The minimum absolute atomic E-state index is 0.641. The van der Waals surface area contributed by atoms with Gasteiger partial charge < -0.3 is 4.42 Å². The third kappa shape index (κ3) is 2.23. The maximum Gasteiger partial charge on any atom is 0.237 e. The van der Waals surface area contributed by atoms with Gasteiger partial charge in [0.05, 0.1) is 4.88 Å². The Kier molecular flexibility index (Phi) is 3.09. The van der Waals surface area contributed by atoms with Crippen molar-refractivity contribution in [1.29, 1.82) is 0 Å². The lowest BCUT2D eigenvalue weighted by Crippen LogP contribution is -1.78. The van der Waals surface area contributed by atoms with Gasteiger partial charge in [0.2, 0.25) is 5.89 Å². The highest BCUT2D eigenvalue weighted by Crippen LogP contribution is 2.35. The van der Waals surface area contributed by atoms with E-state index >= 15 is 0 Å². The van der Waals surface area contributed by atoms with Crippen molar-refractivity contribution in [2.75, 3.05) is 0 Å². The molecule has 22 heavy (non-hydrogen) atoms. The van der Waals surface area contributed by atoms with Crippen LogP contribution in [0.25, 0.3) is 32.3 Å². The molecule has 0 aliphatic carbocycles. The number of nitrogens with zero attached hydrogens (tertiary/aromatic N) is 1. The van der Waals surface area contributed by atoms with Crippen molar-refractivity contribution in [2.45, 2.75) is 0 Å². The maximum absolute atomic E-state index is 10.7. The molecule has 2 heterocycles. The van der Waals surface area contributed by atoms with E-state index in [1.807, 2.05) is 60.7 Å². The molecule has 0 amide bonds. The normalized spacial score (nSPS) is 10.9. The summed E-state index contributed by atoms with van der Waals surface area (Å²) >= 11 is 1.62. The summed E-state index contributed by atoms with van der Waals surface area (Å²) in [5.41, 5.74) is 3.42. The van der Waals surface area contributed by atoms with Crippen molar-refractivity contribution in [3.05, 3.63) is 66.2 Å². The van der Waals surface area contributed by atoms with Crippen molar-refractivity contribution in [3.63, 3.8) is 0 Å². The highest BCUT2D eigenvalue weighted by Gasteiger charge is 2.11. The molecule has 0 atom stereocenters. The van der Waals surface area contributed by atoms with Crippen LogP contribution in [0.1, 0.15) is 10.4 Å². The van der Waals surface area contributed by atoms with Crippen LogP contribution < -0.4 is 0 Å². The van der Waals surface area contributed by atoms with E-state index in [4.69, 9.17) is 4.42 Å².